The number of rotatable bonds is 10. The van der Waals surface area contributed by atoms with Gasteiger partial charge in [-0.05, 0) is 31.5 Å². The van der Waals surface area contributed by atoms with Crippen molar-refractivity contribution in [3.63, 3.8) is 0 Å². The molecule has 0 aliphatic rings. The summed E-state index contributed by atoms with van der Waals surface area (Å²) in [4.78, 5) is 33.5. The van der Waals surface area contributed by atoms with E-state index in [0.717, 1.165) is 0 Å². The van der Waals surface area contributed by atoms with Gasteiger partial charge in [-0.1, -0.05) is 0 Å². The SMILES string of the molecule is CCOC(OCC)C(=O)CC(=O)OCc1ccc([N+](=O)[O-])cc1. The Hall–Kier alpha value is -2.32. The third-order valence-corrected chi connectivity index (χ3v) is 2.76. The highest BCUT2D eigenvalue weighted by Crippen LogP contribution is 2.13. The zero-order valence-corrected chi connectivity index (χ0v) is 13.0. The molecule has 0 radical (unpaired) electrons. The summed E-state index contributed by atoms with van der Waals surface area (Å²) in [5.74, 6) is -1.22. The zero-order chi connectivity index (χ0) is 17.2. The van der Waals surface area contributed by atoms with Gasteiger partial charge in [0.2, 0.25) is 6.29 Å². The maximum atomic E-state index is 11.8. The van der Waals surface area contributed by atoms with Crippen molar-refractivity contribution in [2.75, 3.05) is 13.2 Å². The van der Waals surface area contributed by atoms with Crippen LogP contribution in [0.4, 0.5) is 5.69 Å². The average Bonchev–Trinajstić information content (AvgIpc) is 2.53. The number of carbonyl (C=O) groups excluding carboxylic acids is 2. The molecule has 0 bridgehead atoms. The van der Waals surface area contributed by atoms with Crippen LogP contribution in [0.25, 0.3) is 0 Å². The molecule has 0 amide bonds. The van der Waals surface area contributed by atoms with Crippen LogP contribution in [-0.2, 0) is 30.4 Å². The summed E-state index contributed by atoms with van der Waals surface area (Å²) in [6, 6.07) is 5.59. The van der Waals surface area contributed by atoms with E-state index in [1.807, 2.05) is 0 Å². The van der Waals surface area contributed by atoms with E-state index in [-0.39, 0.29) is 25.5 Å². The monoisotopic (exact) mass is 325 g/mol. The van der Waals surface area contributed by atoms with Crippen molar-refractivity contribution in [1.29, 1.82) is 0 Å². The molecule has 126 valence electrons. The average molecular weight is 325 g/mol. The largest absolute Gasteiger partial charge is 0.460 e. The molecule has 1 aromatic rings. The molecular weight excluding hydrogens is 306 g/mol. The topological polar surface area (TPSA) is 105 Å². The van der Waals surface area contributed by atoms with Crippen molar-refractivity contribution in [2.24, 2.45) is 0 Å². The summed E-state index contributed by atoms with van der Waals surface area (Å²) in [7, 11) is 0. The number of non-ortho nitro benzene ring substituents is 1. The number of carbonyl (C=O) groups is 2. The lowest BCUT2D eigenvalue weighted by molar-refractivity contribution is -0.384. The Morgan fingerprint density at radius 3 is 2.17 bits per heavy atom. The molecule has 1 rings (SSSR count). The summed E-state index contributed by atoms with van der Waals surface area (Å²) < 4.78 is 15.2. The van der Waals surface area contributed by atoms with Crippen molar-refractivity contribution < 1.29 is 28.7 Å². The van der Waals surface area contributed by atoms with E-state index in [0.29, 0.717) is 5.56 Å². The number of hydrogen-bond donors (Lipinski definition) is 0. The Bertz CT molecular complexity index is 535. The molecule has 8 nitrogen and oxygen atoms in total. The third kappa shape index (κ3) is 6.54. The molecule has 1 aromatic carbocycles. The Morgan fingerprint density at radius 2 is 1.70 bits per heavy atom. The highest BCUT2D eigenvalue weighted by molar-refractivity contribution is 5.97. The quantitative estimate of drug-likeness (QED) is 0.213. The number of benzene rings is 1. The number of ketones is 1. The van der Waals surface area contributed by atoms with Gasteiger partial charge in [-0.2, -0.15) is 0 Å². The number of nitro benzene ring substituents is 1. The fourth-order valence-electron chi connectivity index (χ4n) is 1.69. The summed E-state index contributed by atoms with van der Waals surface area (Å²) in [5.41, 5.74) is 0.536. The van der Waals surface area contributed by atoms with Crippen molar-refractivity contribution >= 4 is 17.4 Å². The van der Waals surface area contributed by atoms with Crippen LogP contribution in [0, 0.1) is 10.1 Å². The molecule has 0 unspecified atom stereocenters. The van der Waals surface area contributed by atoms with Crippen LogP contribution in [0.2, 0.25) is 0 Å². The smallest absolute Gasteiger partial charge is 0.313 e. The first-order valence-corrected chi connectivity index (χ1v) is 7.12. The van der Waals surface area contributed by atoms with Crippen LogP contribution < -0.4 is 0 Å². The molecule has 0 saturated heterocycles. The number of hydrogen-bond acceptors (Lipinski definition) is 7. The highest BCUT2D eigenvalue weighted by Gasteiger charge is 2.22. The van der Waals surface area contributed by atoms with E-state index in [1.165, 1.54) is 24.3 Å². The number of esters is 1. The molecule has 0 atom stereocenters. The van der Waals surface area contributed by atoms with Gasteiger partial charge >= 0.3 is 5.97 Å². The van der Waals surface area contributed by atoms with Gasteiger partial charge in [0.1, 0.15) is 13.0 Å². The molecule has 0 heterocycles. The number of ether oxygens (including phenoxy) is 3. The second-order valence-corrected chi connectivity index (χ2v) is 4.47. The fraction of sp³-hybridized carbons (Fsp3) is 0.467. The first-order valence-electron chi connectivity index (χ1n) is 7.12. The van der Waals surface area contributed by atoms with E-state index in [2.05, 4.69) is 0 Å². The minimum absolute atomic E-state index is 0.0495. The Labute approximate surface area is 133 Å². The Kier molecular flexibility index (Phi) is 7.86. The van der Waals surface area contributed by atoms with Crippen molar-refractivity contribution in [3.05, 3.63) is 39.9 Å². The minimum Gasteiger partial charge on any atom is -0.460 e. The molecule has 0 N–H and O–H groups in total. The van der Waals surface area contributed by atoms with Gasteiger partial charge in [0.15, 0.2) is 5.78 Å². The van der Waals surface area contributed by atoms with Crippen LogP contribution in [0.5, 0.6) is 0 Å². The molecule has 23 heavy (non-hydrogen) atoms. The molecule has 0 fully saturated rings. The fourth-order valence-corrected chi connectivity index (χ4v) is 1.69. The lowest BCUT2D eigenvalue weighted by Crippen LogP contribution is -2.29. The lowest BCUT2D eigenvalue weighted by atomic mass is 10.2. The van der Waals surface area contributed by atoms with Gasteiger partial charge < -0.3 is 14.2 Å². The maximum Gasteiger partial charge on any atom is 0.313 e. The van der Waals surface area contributed by atoms with E-state index < -0.39 is 29.4 Å². The second-order valence-electron chi connectivity index (χ2n) is 4.47. The van der Waals surface area contributed by atoms with Crippen molar-refractivity contribution in [2.45, 2.75) is 33.2 Å². The van der Waals surface area contributed by atoms with E-state index in [9.17, 15) is 19.7 Å². The van der Waals surface area contributed by atoms with E-state index >= 15 is 0 Å². The van der Waals surface area contributed by atoms with Gasteiger partial charge in [-0.15, -0.1) is 0 Å². The van der Waals surface area contributed by atoms with Crippen LogP contribution in [-0.4, -0.2) is 36.2 Å². The molecule has 0 aromatic heterocycles. The summed E-state index contributed by atoms with van der Waals surface area (Å²) in [6.07, 6.45) is -1.53. The van der Waals surface area contributed by atoms with Gasteiger partial charge in [0.25, 0.3) is 5.69 Å². The second kappa shape index (κ2) is 9.65. The minimum atomic E-state index is -1.07. The third-order valence-electron chi connectivity index (χ3n) is 2.76. The predicted octanol–water partition coefficient (Wildman–Crippen LogP) is 2.00. The standard InChI is InChI=1S/C15H19NO7/c1-3-21-15(22-4-2)13(17)9-14(18)23-10-11-5-7-12(8-6-11)16(19)20/h5-8,15H,3-4,9-10H2,1-2H3. The highest BCUT2D eigenvalue weighted by atomic mass is 16.7. The van der Waals surface area contributed by atoms with Gasteiger partial charge in [-0.3, -0.25) is 19.7 Å². The molecule has 0 aliphatic carbocycles. The maximum absolute atomic E-state index is 11.8. The first kappa shape index (κ1) is 18.7. The van der Waals surface area contributed by atoms with Crippen LogP contribution in [0.1, 0.15) is 25.8 Å². The summed E-state index contributed by atoms with van der Waals surface area (Å²) in [6.45, 7) is 3.93. The number of nitrogens with zero attached hydrogens (tertiary/aromatic N) is 1. The molecule has 8 heteroatoms. The van der Waals surface area contributed by atoms with Crippen LogP contribution in [0.15, 0.2) is 24.3 Å². The summed E-state index contributed by atoms with van der Waals surface area (Å²) >= 11 is 0. The predicted molar refractivity (Wildman–Crippen MR) is 79.6 cm³/mol. The van der Waals surface area contributed by atoms with Crippen molar-refractivity contribution in [1.82, 2.24) is 0 Å². The van der Waals surface area contributed by atoms with Crippen molar-refractivity contribution in [3.8, 4) is 0 Å². The zero-order valence-electron chi connectivity index (χ0n) is 13.0. The Balaban J connectivity index is 2.46. The van der Waals surface area contributed by atoms with Crippen LogP contribution >= 0.6 is 0 Å². The molecular formula is C15H19NO7. The Morgan fingerprint density at radius 1 is 1.13 bits per heavy atom. The number of nitro groups is 1. The lowest BCUT2D eigenvalue weighted by Gasteiger charge is -2.15. The number of Topliss-reactive ketones (excluding diaryl/α,β-unsaturated/α-hetero) is 1. The summed E-state index contributed by atoms with van der Waals surface area (Å²) in [5, 5.41) is 10.5. The van der Waals surface area contributed by atoms with Gasteiger partial charge in [0.05, 0.1) is 4.92 Å². The molecule has 0 spiro atoms. The molecule has 0 aliphatic heterocycles. The van der Waals surface area contributed by atoms with E-state index in [4.69, 9.17) is 14.2 Å². The van der Waals surface area contributed by atoms with Gasteiger partial charge in [0, 0.05) is 25.3 Å². The first-order chi connectivity index (χ1) is 11.0. The normalized spacial score (nSPS) is 10.6. The van der Waals surface area contributed by atoms with Gasteiger partial charge in [-0.25, -0.2) is 0 Å². The van der Waals surface area contributed by atoms with E-state index in [1.54, 1.807) is 13.8 Å². The van der Waals surface area contributed by atoms with Crippen LogP contribution in [0.3, 0.4) is 0 Å². The molecule has 0 saturated carbocycles.